The molecule has 0 saturated carbocycles. The van der Waals surface area contributed by atoms with Crippen LogP contribution in [0.15, 0.2) is 72.8 Å². The Morgan fingerprint density at radius 1 is 0.774 bits per heavy atom. The van der Waals surface area contributed by atoms with Gasteiger partial charge >= 0.3 is 0 Å². The number of nitrogens with one attached hydrogen (secondary N) is 2. The number of carbonyl (C=O) groups excluding carboxylic acids is 2. The van der Waals surface area contributed by atoms with Gasteiger partial charge < -0.3 is 10.6 Å². The van der Waals surface area contributed by atoms with E-state index in [1.807, 2.05) is 12.1 Å². The van der Waals surface area contributed by atoms with Crippen LogP contribution in [0.25, 0.3) is 0 Å². The average Bonchev–Trinajstić information content (AvgIpc) is 2.73. The van der Waals surface area contributed by atoms with Crippen LogP contribution < -0.4 is 10.6 Å². The van der Waals surface area contributed by atoms with E-state index in [1.165, 1.54) is 24.3 Å². The zero-order valence-electron chi connectivity index (χ0n) is 17.5. The average molecular weight is 417 g/mol. The molecule has 0 unspecified atom stereocenters. The van der Waals surface area contributed by atoms with E-state index in [4.69, 9.17) is 0 Å². The Bertz CT molecular complexity index is 1110. The van der Waals surface area contributed by atoms with Gasteiger partial charge in [0.1, 0.15) is 0 Å². The van der Waals surface area contributed by atoms with Crippen molar-refractivity contribution in [1.82, 2.24) is 0 Å². The molecule has 0 atom stereocenters. The van der Waals surface area contributed by atoms with Crippen molar-refractivity contribution in [2.75, 3.05) is 10.6 Å². The Hall–Kier alpha value is -4.00. The molecular formula is C24H23N3O4. The van der Waals surface area contributed by atoms with E-state index in [0.29, 0.717) is 22.5 Å². The van der Waals surface area contributed by atoms with E-state index in [1.54, 1.807) is 36.4 Å². The van der Waals surface area contributed by atoms with Gasteiger partial charge in [-0.2, -0.15) is 0 Å². The number of amides is 2. The molecule has 0 bridgehead atoms. The molecule has 3 aromatic carbocycles. The number of anilines is 2. The van der Waals surface area contributed by atoms with Gasteiger partial charge in [0.2, 0.25) is 0 Å². The van der Waals surface area contributed by atoms with Gasteiger partial charge in [-0.25, -0.2) is 0 Å². The summed E-state index contributed by atoms with van der Waals surface area (Å²) in [6, 6.07) is 19.6. The lowest BCUT2D eigenvalue weighted by Gasteiger charge is -2.19. The quantitative estimate of drug-likeness (QED) is 0.429. The molecule has 2 amide bonds. The molecule has 0 aromatic heterocycles. The zero-order valence-corrected chi connectivity index (χ0v) is 17.5. The summed E-state index contributed by atoms with van der Waals surface area (Å²) in [5.74, 6) is -0.657. The Balaban J connectivity index is 1.67. The summed E-state index contributed by atoms with van der Waals surface area (Å²) in [5.41, 5.74) is 2.91. The fourth-order valence-electron chi connectivity index (χ4n) is 2.94. The number of nitro groups is 1. The van der Waals surface area contributed by atoms with Gasteiger partial charge in [0.15, 0.2) is 0 Å². The maximum absolute atomic E-state index is 12.6. The number of hydrogen-bond donors (Lipinski definition) is 2. The molecule has 3 aromatic rings. The molecule has 0 aliphatic carbocycles. The Kier molecular flexibility index (Phi) is 6.15. The van der Waals surface area contributed by atoms with Gasteiger partial charge in [0.25, 0.3) is 17.5 Å². The van der Waals surface area contributed by atoms with Gasteiger partial charge in [-0.3, -0.25) is 19.7 Å². The van der Waals surface area contributed by atoms with Gasteiger partial charge in [-0.15, -0.1) is 0 Å². The lowest BCUT2D eigenvalue weighted by atomic mass is 9.87. The van der Waals surface area contributed by atoms with Crippen molar-refractivity contribution in [2.24, 2.45) is 0 Å². The summed E-state index contributed by atoms with van der Waals surface area (Å²) in [6.45, 7) is 6.33. The van der Waals surface area contributed by atoms with Crippen molar-refractivity contribution < 1.29 is 14.5 Å². The van der Waals surface area contributed by atoms with Crippen LogP contribution >= 0.6 is 0 Å². The molecule has 0 heterocycles. The van der Waals surface area contributed by atoms with Gasteiger partial charge in [0, 0.05) is 34.6 Å². The number of hydrogen-bond acceptors (Lipinski definition) is 4. The molecule has 7 nitrogen and oxygen atoms in total. The lowest BCUT2D eigenvalue weighted by molar-refractivity contribution is -0.384. The highest BCUT2D eigenvalue weighted by atomic mass is 16.6. The maximum Gasteiger partial charge on any atom is 0.269 e. The molecule has 3 rings (SSSR count). The summed E-state index contributed by atoms with van der Waals surface area (Å²) < 4.78 is 0. The van der Waals surface area contributed by atoms with Gasteiger partial charge in [-0.1, -0.05) is 39.0 Å². The second kappa shape index (κ2) is 8.79. The predicted molar refractivity (Wildman–Crippen MR) is 121 cm³/mol. The van der Waals surface area contributed by atoms with Crippen LogP contribution in [-0.4, -0.2) is 16.7 Å². The SMILES string of the molecule is CC(C)(C)c1ccc(C(=O)Nc2cccc(NC(=O)c3ccc([N+](=O)[O-])cc3)c2)cc1. The largest absolute Gasteiger partial charge is 0.322 e. The lowest BCUT2D eigenvalue weighted by Crippen LogP contribution is -2.15. The Morgan fingerprint density at radius 2 is 1.23 bits per heavy atom. The standard InChI is InChI=1S/C24H23N3O4/c1-24(2,3)18-11-7-16(8-12-18)22(28)25-19-5-4-6-20(15-19)26-23(29)17-9-13-21(14-10-17)27(30)31/h4-15H,1-3H3,(H,25,28)(H,26,29). The van der Waals surface area contributed by atoms with E-state index in [0.717, 1.165) is 5.56 Å². The summed E-state index contributed by atoms with van der Waals surface area (Å²) in [6.07, 6.45) is 0. The Morgan fingerprint density at radius 3 is 1.65 bits per heavy atom. The number of benzene rings is 3. The minimum atomic E-state index is -0.523. The monoisotopic (exact) mass is 417 g/mol. The highest BCUT2D eigenvalue weighted by Gasteiger charge is 2.15. The normalized spacial score (nSPS) is 10.9. The van der Waals surface area contributed by atoms with Crippen LogP contribution in [0.2, 0.25) is 0 Å². The first-order valence-electron chi connectivity index (χ1n) is 9.71. The van der Waals surface area contributed by atoms with Crippen molar-refractivity contribution in [3.63, 3.8) is 0 Å². The fourth-order valence-corrected chi connectivity index (χ4v) is 2.94. The summed E-state index contributed by atoms with van der Waals surface area (Å²) in [5, 5.41) is 16.3. The first-order valence-corrected chi connectivity index (χ1v) is 9.71. The molecule has 0 saturated heterocycles. The molecule has 31 heavy (non-hydrogen) atoms. The van der Waals surface area contributed by atoms with Crippen LogP contribution in [-0.2, 0) is 5.41 Å². The van der Waals surface area contributed by atoms with Gasteiger partial charge in [-0.05, 0) is 53.4 Å². The van der Waals surface area contributed by atoms with E-state index in [9.17, 15) is 19.7 Å². The summed E-state index contributed by atoms with van der Waals surface area (Å²) in [7, 11) is 0. The number of rotatable bonds is 5. The topological polar surface area (TPSA) is 101 Å². The Labute approximate surface area is 180 Å². The minimum Gasteiger partial charge on any atom is -0.322 e. The second-order valence-corrected chi connectivity index (χ2v) is 8.12. The third kappa shape index (κ3) is 5.54. The first-order chi connectivity index (χ1) is 14.6. The molecule has 0 aliphatic rings. The van der Waals surface area contributed by atoms with Crippen molar-refractivity contribution in [2.45, 2.75) is 26.2 Å². The van der Waals surface area contributed by atoms with Crippen molar-refractivity contribution in [1.29, 1.82) is 0 Å². The molecule has 0 spiro atoms. The second-order valence-electron chi connectivity index (χ2n) is 8.12. The number of nitro benzene ring substituents is 1. The molecule has 2 N–H and O–H groups in total. The van der Waals surface area contributed by atoms with Crippen LogP contribution in [0.4, 0.5) is 17.1 Å². The maximum atomic E-state index is 12.6. The third-order valence-electron chi connectivity index (χ3n) is 4.73. The van der Waals surface area contributed by atoms with Crippen LogP contribution in [0.1, 0.15) is 47.1 Å². The van der Waals surface area contributed by atoms with Gasteiger partial charge in [0.05, 0.1) is 4.92 Å². The van der Waals surface area contributed by atoms with Crippen molar-refractivity contribution >= 4 is 28.9 Å². The van der Waals surface area contributed by atoms with E-state index in [-0.39, 0.29) is 17.0 Å². The summed E-state index contributed by atoms with van der Waals surface area (Å²) >= 11 is 0. The van der Waals surface area contributed by atoms with E-state index >= 15 is 0 Å². The van der Waals surface area contributed by atoms with Crippen molar-refractivity contribution in [3.05, 3.63) is 99.6 Å². The first kappa shape index (κ1) is 21.7. The molecule has 0 fully saturated rings. The highest BCUT2D eigenvalue weighted by molar-refractivity contribution is 6.06. The zero-order chi connectivity index (χ0) is 22.6. The van der Waals surface area contributed by atoms with Crippen LogP contribution in [0, 0.1) is 10.1 Å². The third-order valence-corrected chi connectivity index (χ3v) is 4.73. The highest BCUT2D eigenvalue weighted by Crippen LogP contribution is 2.23. The molecule has 7 heteroatoms. The fraction of sp³-hybridized carbons (Fsp3) is 0.167. The number of carbonyl (C=O) groups is 2. The molecular weight excluding hydrogens is 394 g/mol. The predicted octanol–water partition coefficient (Wildman–Crippen LogP) is 5.40. The molecule has 0 radical (unpaired) electrons. The van der Waals surface area contributed by atoms with Crippen LogP contribution in [0.5, 0.6) is 0 Å². The summed E-state index contributed by atoms with van der Waals surface area (Å²) in [4.78, 5) is 35.2. The number of non-ortho nitro benzene ring substituents is 1. The molecule has 158 valence electrons. The van der Waals surface area contributed by atoms with E-state index in [2.05, 4.69) is 31.4 Å². The van der Waals surface area contributed by atoms with Crippen molar-refractivity contribution in [3.8, 4) is 0 Å². The van der Waals surface area contributed by atoms with E-state index < -0.39 is 10.8 Å². The molecule has 0 aliphatic heterocycles. The smallest absolute Gasteiger partial charge is 0.269 e. The number of nitrogens with zero attached hydrogens (tertiary/aromatic N) is 1. The minimum absolute atomic E-state index is 0.00518. The van der Waals surface area contributed by atoms with Crippen LogP contribution in [0.3, 0.4) is 0 Å².